The minimum Gasteiger partial charge on any atom is -0.394 e. The number of aliphatic hydroxyl groups excluding tert-OH is 2. The van der Waals surface area contributed by atoms with E-state index in [0.29, 0.717) is 29.8 Å². The number of aryl methyl sites for hydroxylation is 1. The molecular formula is C24H31ClN4O6S. The van der Waals surface area contributed by atoms with Crippen molar-refractivity contribution >= 4 is 33.3 Å². The Morgan fingerprint density at radius 2 is 1.92 bits per heavy atom. The standard InChI is InChI=1S/C24H31ClN4O6S/c1-23(2,18(31)13-30)36(34,35)24(9-10-24)14-29-11-8-17-19(27-28(3)20(17)22(29)33)21(32)26-12-15-4-6-16(25)7-5-15/h4-7,18,30-31H,8-14H2,1-3H3,(H,26,32). The third kappa shape index (κ3) is 4.42. The van der Waals surface area contributed by atoms with Gasteiger partial charge in [0.1, 0.15) is 5.69 Å². The molecule has 1 aliphatic heterocycles. The molecule has 0 radical (unpaired) electrons. The number of aromatic nitrogens is 2. The number of carbonyl (C=O) groups excluding carboxylic acids is 2. The molecular weight excluding hydrogens is 508 g/mol. The van der Waals surface area contributed by atoms with Gasteiger partial charge in [0.05, 0.1) is 22.2 Å². The highest BCUT2D eigenvalue weighted by molar-refractivity contribution is 7.94. The van der Waals surface area contributed by atoms with Gasteiger partial charge in [-0.1, -0.05) is 23.7 Å². The summed E-state index contributed by atoms with van der Waals surface area (Å²) in [6, 6.07) is 7.08. The van der Waals surface area contributed by atoms with Crippen molar-refractivity contribution in [2.75, 3.05) is 19.7 Å². The fraction of sp³-hybridized carbons (Fsp3) is 0.542. The number of carbonyl (C=O) groups is 2. The zero-order valence-electron chi connectivity index (χ0n) is 20.5. The summed E-state index contributed by atoms with van der Waals surface area (Å²) in [5, 5.41) is 27.2. The van der Waals surface area contributed by atoms with Gasteiger partial charge in [0.25, 0.3) is 11.8 Å². The minimum atomic E-state index is -3.89. The average molecular weight is 539 g/mol. The van der Waals surface area contributed by atoms with E-state index in [1.54, 1.807) is 31.3 Å². The number of nitrogens with one attached hydrogen (secondary N) is 1. The van der Waals surface area contributed by atoms with Gasteiger partial charge >= 0.3 is 0 Å². The Morgan fingerprint density at radius 1 is 1.28 bits per heavy atom. The first kappa shape index (κ1) is 26.6. The molecule has 4 rings (SSSR count). The molecule has 196 valence electrons. The first-order valence-electron chi connectivity index (χ1n) is 11.8. The lowest BCUT2D eigenvalue weighted by Gasteiger charge is -2.36. The van der Waals surface area contributed by atoms with Crippen LogP contribution in [-0.4, -0.2) is 80.4 Å². The summed E-state index contributed by atoms with van der Waals surface area (Å²) >= 11 is 5.90. The fourth-order valence-electron chi connectivity index (χ4n) is 4.73. The number of rotatable bonds is 9. The van der Waals surface area contributed by atoms with Crippen molar-refractivity contribution in [2.24, 2.45) is 7.05 Å². The number of sulfone groups is 1. The van der Waals surface area contributed by atoms with Gasteiger partial charge in [0.15, 0.2) is 15.5 Å². The van der Waals surface area contributed by atoms with Crippen molar-refractivity contribution < 1.29 is 28.2 Å². The van der Waals surface area contributed by atoms with Gasteiger partial charge in [-0.25, -0.2) is 8.42 Å². The summed E-state index contributed by atoms with van der Waals surface area (Å²) in [6.45, 7) is 2.63. The van der Waals surface area contributed by atoms with Crippen LogP contribution in [0.5, 0.6) is 0 Å². The number of hydrogen-bond acceptors (Lipinski definition) is 7. The van der Waals surface area contributed by atoms with Crippen LogP contribution < -0.4 is 5.32 Å². The van der Waals surface area contributed by atoms with Crippen molar-refractivity contribution in [2.45, 2.75) is 55.3 Å². The van der Waals surface area contributed by atoms with Gasteiger partial charge < -0.3 is 20.4 Å². The molecule has 1 aromatic heterocycles. The Hall–Kier alpha value is -2.47. The SMILES string of the molecule is Cn1nc(C(=O)NCc2ccc(Cl)cc2)c2c1C(=O)N(CC1(S(=O)(=O)C(C)(C)C(O)CO)CC1)CC2. The molecule has 36 heavy (non-hydrogen) atoms. The Kier molecular flexibility index (Phi) is 6.97. The molecule has 10 nitrogen and oxygen atoms in total. The second-order valence-corrected chi connectivity index (χ2v) is 13.4. The van der Waals surface area contributed by atoms with Gasteiger partial charge in [0.2, 0.25) is 0 Å². The average Bonchev–Trinajstić information content (AvgIpc) is 3.56. The second-order valence-electron chi connectivity index (χ2n) is 10.1. The first-order chi connectivity index (χ1) is 16.8. The van der Waals surface area contributed by atoms with Crippen molar-refractivity contribution in [1.29, 1.82) is 0 Å². The summed E-state index contributed by atoms with van der Waals surface area (Å²) in [7, 11) is -2.31. The fourth-order valence-corrected chi connectivity index (χ4v) is 7.37. The van der Waals surface area contributed by atoms with Crippen LogP contribution in [-0.2, 0) is 29.9 Å². The van der Waals surface area contributed by atoms with Gasteiger partial charge in [0, 0.05) is 37.3 Å². The molecule has 1 saturated carbocycles. The van der Waals surface area contributed by atoms with Gasteiger partial charge in [-0.3, -0.25) is 14.3 Å². The highest BCUT2D eigenvalue weighted by atomic mass is 35.5. The summed E-state index contributed by atoms with van der Waals surface area (Å²) in [6.07, 6.45) is -0.332. The number of hydrogen-bond donors (Lipinski definition) is 3. The molecule has 3 N–H and O–H groups in total. The lowest BCUT2D eigenvalue weighted by Crippen LogP contribution is -2.55. The van der Waals surface area contributed by atoms with Crippen molar-refractivity contribution in [3.63, 3.8) is 0 Å². The largest absolute Gasteiger partial charge is 0.394 e. The number of benzene rings is 1. The van der Waals surface area contributed by atoms with Crippen LogP contribution in [0.2, 0.25) is 5.02 Å². The van der Waals surface area contributed by atoms with Crippen LogP contribution in [0.25, 0.3) is 0 Å². The van der Waals surface area contributed by atoms with Crippen LogP contribution in [0.4, 0.5) is 0 Å². The number of amides is 2. The molecule has 1 aliphatic carbocycles. The van der Waals surface area contributed by atoms with E-state index in [-0.39, 0.29) is 36.9 Å². The van der Waals surface area contributed by atoms with E-state index < -0.39 is 37.9 Å². The van der Waals surface area contributed by atoms with Crippen LogP contribution in [0.15, 0.2) is 24.3 Å². The smallest absolute Gasteiger partial charge is 0.272 e. The first-order valence-corrected chi connectivity index (χ1v) is 13.6. The van der Waals surface area contributed by atoms with Gasteiger partial charge in [-0.15, -0.1) is 0 Å². The molecule has 1 unspecified atom stereocenters. The molecule has 0 saturated heterocycles. The highest BCUT2D eigenvalue weighted by Crippen LogP contribution is 2.50. The van der Waals surface area contributed by atoms with Gasteiger partial charge in [-0.05, 0) is 50.8 Å². The third-order valence-electron chi connectivity index (χ3n) is 7.37. The molecule has 12 heteroatoms. The van der Waals surface area contributed by atoms with E-state index in [1.165, 1.54) is 23.4 Å². The predicted molar refractivity (Wildman–Crippen MR) is 133 cm³/mol. The van der Waals surface area contributed by atoms with Crippen LogP contribution in [0, 0.1) is 0 Å². The molecule has 0 spiro atoms. The monoisotopic (exact) mass is 538 g/mol. The van der Waals surface area contributed by atoms with Crippen molar-refractivity contribution in [1.82, 2.24) is 20.0 Å². The third-order valence-corrected chi connectivity index (χ3v) is 11.0. The molecule has 2 aliphatic rings. The Bertz CT molecular complexity index is 1280. The lowest BCUT2D eigenvalue weighted by molar-refractivity contribution is 0.0673. The maximum absolute atomic E-state index is 13.4. The Morgan fingerprint density at radius 3 is 2.50 bits per heavy atom. The van der Waals surface area contributed by atoms with E-state index in [9.17, 15) is 28.2 Å². The summed E-state index contributed by atoms with van der Waals surface area (Å²) in [5.41, 5.74) is 1.84. The van der Waals surface area contributed by atoms with E-state index >= 15 is 0 Å². The number of aliphatic hydroxyl groups is 2. The van der Waals surface area contributed by atoms with E-state index in [0.717, 1.165) is 5.56 Å². The lowest BCUT2D eigenvalue weighted by atomic mass is 10.0. The van der Waals surface area contributed by atoms with Crippen molar-refractivity contribution in [3.05, 3.63) is 51.8 Å². The minimum absolute atomic E-state index is 0.0154. The number of nitrogens with zero attached hydrogens (tertiary/aromatic N) is 3. The zero-order valence-corrected chi connectivity index (χ0v) is 22.1. The van der Waals surface area contributed by atoms with E-state index in [4.69, 9.17) is 11.6 Å². The second kappa shape index (κ2) is 9.44. The molecule has 2 heterocycles. The molecule has 2 aromatic rings. The Labute approximate surface area is 215 Å². The summed E-state index contributed by atoms with van der Waals surface area (Å²) in [4.78, 5) is 27.8. The zero-order chi connectivity index (χ0) is 26.5. The maximum atomic E-state index is 13.4. The molecule has 2 amide bonds. The number of halogens is 1. The molecule has 0 bridgehead atoms. The Balaban J connectivity index is 1.51. The van der Waals surface area contributed by atoms with Crippen molar-refractivity contribution in [3.8, 4) is 0 Å². The van der Waals surface area contributed by atoms with E-state index in [1.807, 2.05) is 0 Å². The maximum Gasteiger partial charge on any atom is 0.272 e. The number of fused-ring (bicyclic) bond motifs is 1. The predicted octanol–water partition coefficient (Wildman–Crippen LogP) is 1.08. The van der Waals surface area contributed by atoms with Gasteiger partial charge in [-0.2, -0.15) is 5.10 Å². The van der Waals surface area contributed by atoms with Crippen LogP contribution in [0.1, 0.15) is 58.8 Å². The van der Waals surface area contributed by atoms with Crippen LogP contribution in [0.3, 0.4) is 0 Å². The normalized spacial score (nSPS) is 18.1. The quantitative estimate of drug-likeness (QED) is 0.433. The summed E-state index contributed by atoms with van der Waals surface area (Å²) < 4.78 is 25.5. The van der Waals surface area contributed by atoms with E-state index in [2.05, 4.69) is 10.4 Å². The van der Waals surface area contributed by atoms with Crippen LogP contribution >= 0.6 is 11.6 Å². The summed E-state index contributed by atoms with van der Waals surface area (Å²) in [5.74, 6) is -0.783. The molecule has 1 fully saturated rings. The highest BCUT2D eigenvalue weighted by Gasteiger charge is 2.62. The molecule has 1 aromatic carbocycles. The topological polar surface area (TPSA) is 142 Å². The molecule has 1 atom stereocenters.